The molecule has 0 amide bonds. The van der Waals surface area contributed by atoms with E-state index in [-0.39, 0.29) is 5.38 Å². The number of hydrogen-bond donors (Lipinski definition) is 0. The first kappa shape index (κ1) is 14.8. The van der Waals surface area contributed by atoms with Gasteiger partial charge in [-0.1, -0.05) is 6.07 Å². The molecule has 0 saturated carbocycles. The van der Waals surface area contributed by atoms with Crippen LogP contribution >= 0.6 is 34.2 Å². The summed E-state index contributed by atoms with van der Waals surface area (Å²) in [6.45, 7) is 4.68. The van der Waals surface area contributed by atoms with Crippen LogP contribution < -0.4 is 0 Å². The fourth-order valence-corrected chi connectivity index (χ4v) is 3.01. The smallest absolute Gasteiger partial charge is 0.128 e. The molecular formula is C16H15ClIN3. The number of rotatable bonds is 3. The lowest BCUT2D eigenvalue weighted by atomic mass is 10.2. The van der Waals surface area contributed by atoms with Crippen molar-refractivity contribution in [3.63, 3.8) is 0 Å². The van der Waals surface area contributed by atoms with Gasteiger partial charge in [0.15, 0.2) is 0 Å². The molecule has 0 saturated heterocycles. The summed E-state index contributed by atoms with van der Waals surface area (Å²) >= 11 is 8.61. The van der Waals surface area contributed by atoms with Gasteiger partial charge in [-0.3, -0.25) is 4.98 Å². The van der Waals surface area contributed by atoms with Gasteiger partial charge in [0.05, 0.1) is 23.0 Å². The van der Waals surface area contributed by atoms with Crippen LogP contribution in [0.1, 0.15) is 29.4 Å². The third-order valence-electron chi connectivity index (χ3n) is 3.41. The average molecular weight is 412 g/mol. The molecule has 3 rings (SSSR count). The fraction of sp³-hybridized carbons (Fsp3) is 0.250. The van der Waals surface area contributed by atoms with Gasteiger partial charge in [-0.15, -0.1) is 11.6 Å². The maximum Gasteiger partial charge on any atom is 0.128 e. The Morgan fingerprint density at radius 2 is 2.10 bits per heavy atom. The number of imidazole rings is 1. The summed E-state index contributed by atoms with van der Waals surface area (Å²) in [6.07, 6.45) is 1.91. The molecule has 0 N–H and O–H groups in total. The second-order valence-electron chi connectivity index (χ2n) is 5.11. The molecular weight excluding hydrogens is 397 g/mol. The zero-order valence-electron chi connectivity index (χ0n) is 11.8. The van der Waals surface area contributed by atoms with E-state index >= 15 is 0 Å². The van der Waals surface area contributed by atoms with E-state index < -0.39 is 0 Å². The number of hydrogen-bond acceptors (Lipinski definition) is 2. The molecule has 0 radical (unpaired) electrons. The third kappa shape index (κ3) is 3.06. The molecule has 1 atom stereocenters. The van der Waals surface area contributed by atoms with E-state index in [9.17, 15) is 0 Å². The molecule has 3 nitrogen and oxygen atoms in total. The minimum atomic E-state index is -0.131. The molecule has 5 heteroatoms. The Morgan fingerprint density at radius 1 is 1.29 bits per heavy atom. The first-order valence-electron chi connectivity index (χ1n) is 6.76. The summed E-state index contributed by atoms with van der Waals surface area (Å²) in [6, 6.07) is 10.4. The Morgan fingerprint density at radius 3 is 2.76 bits per heavy atom. The monoisotopic (exact) mass is 411 g/mol. The molecule has 2 aromatic heterocycles. The highest BCUT2D eigenvalue weighted by Crippen LogP contribution is 2.26. The average Bonchev–Trinajstić information content (AvgIpc) is 2.79. The predicted molar refractivity (Wildman–Crippen MR) is 94.8 cm³/mol. The summed E-state index contributed by atoms with van der Waals surface area (Å²) in [5.41, 5.74) is 4.27. The Kier molecular flexibility index (Phi) is 4.17. The maximum absolute atomic E-state index is 6.31. The van der Waals surface area contributed by atoms with Gasteiger partial charge in [-0.2, -0.15) is 0 Å². The molecule has 0 fully saturated rings. The number of benzene rings is 1. The van der Waals surface area contributed by atoms with Crippen molar-refractivity contribution in [3.05, 3.63) is 57.2 Å². The number of aromatic nitrogens is 3. The first-order chi connectivity index (χ1) is 10.0. The second kappa shape index (κ2) is 5.93. The van der Waals surface area contributed by atoms with Gasteiger partial charge in [-0.25, -0.2) is 4.98 Å². The van der Waals surface area contributed by atoms with Crippen LogP contribution in [0.5, 0.6) is 0 Å². The Labute approximate surface area is 142 Å². The van der Waals surface area contributed by atoms with Crippen molar-refractivity contribution in [2.75, 3.05) is 0 Å². The highest BCUT2D eigenvalue weighted by molar-refractivity contribution is 14.1. The van der Waals surface area contributed by atoms with E-state index in [1.807, 2.05) is 26.1 Å². The number of alkyl halides is 1. The molecule has 0 bridgehead atoms. The lowest BCUT2D eigenvalue weighted by Crippen LogP contribution is -2.06. The van der Waals surface area contributed by atoms with Gasteiger partial charge in [0.25, 0.3) is 0 Å². The molecule has 1 aromatic carbocycles. The quantitative estimate of drug-likeness (QED) is 0.462. The number of fused-ring (bicyclic) bond motifs is 1. The van der Waals surface area contributed by atoms with E-state index in [0.29, 0.717) is 0 Å². The Balaban J connectivity index is 2.10. The zero-order chi connectivity index (χ0) is 15.0. The van der Waals surface area contributed by atoms with Crippen LogP contribution in [0.15, 0.2) is 36.5 Å². The molecule has 0 aliphatic heterocycles. The second-order valence-corrected chi connectivity index (χ2v) is 7.01. The SMILES string of the molecule is Cc1ccc(Cn2c(C(C)Cl)nc3cc(I)ccc32)cn1. The topological polar surface area (TPSA) is 30.7 Å². The summed E-state index contributed by atoms with van der Waals surface area (Å²) in [5.74, 6) is 0.897. The summed E-state index contributed by atoms with van der Waals surface area (Å²) in [4.78, 5) is 9.05. The standard InChI is InChI=1S/C16H15ClIN3/c1-10-3-4-12(8-19-10)9-21-15-6-5-13(18)7-14(15)20-16(21)11(2)17/h3-8,11H,9H2,1-2H3. The number of halogens is 2. The fourth-order valence-electron chi connectivity index (χ4n) is 2.37. The van der Waals surface area contributed by atoms with E-state index in [2.05, 4.69) is 56.4 Å². The van der Waals surface area contributed by atoms with Crippen LogP contribution in [0.3, 0.4) is 0 Å². The van der Waals surface area contributed by atoms with Gasteiger partial charge < -0.3 is 4.57 Å². The van der Waals surface area contributed by atoms with Gasteiger partial charge >= 0.3 is 0 Å². The van der Waals surface area contributed by atoms with Gasteiger partial charge in [0.2, 0.25) is 0 Å². The maximum atomic E-state index is 6.31. The third-order valence-corrected chi connectivity index (χ3v) is 4.28. The molecule has 21 heavy (non-hydrogen) atoms. The van der Waals surface area contributed by atoms with E-state index in [1.54, 1.807) is 0 Å². The van der Waals surface area contributed by atoms with Gasteiger partial charge in [0.1, 0.15) is 5.82 Å². The molecule has 0 aliphatic rings. The van der Waals surface area contributed by atoms with Crippen LogP contribution in [0, 0.1) is 10.5 Å². The lowest BCUT2D eigenvalue weighted by Gasteiger charge is -2.10. The molecule has 0 spiro atoms. The van der Waals surface area contributed by atoms with Crippen molar-refractivity contribution in [2.45, 2.75) is 25.8 Å². The highest BCUT2D eigenvalue weighted by Gasteiger charge is 2.15. The minimum Gasteiger partial charge on any atom is -0.322 e. The summed E-state index contributed by atoms with van der Waals surface area (Å²) in [7, 11) is 0. The normalized spacial score (nSPS) is 12.8. The summed E-state index contributed by atoms with van der Waals surface area (Å²) < 4.78 is 3.35. The van der Waals surface area contributed by atoms with Crippen LogP contribution in [0.2, 0.25) is 0 Å². The molecule has 3 aromatic rings. The Hall–Kier alpha value is -1.14. The number of aryl methyl sites for hydroxylation is 1. The van der Waals surface area contributed by atoms with Crippen molar-refractivity contribution in [2.24, 2.45) is 0 Å². The molecule has 2 heterocycles. The largest absolute Gasteiger partial charge is 0.322 e. The lowest BCUT2D eigenvalue weighted by molar-refractivity contribution is 0.740. The van der Waals surface area contributed by atoms with Gasteiger partial charge in [0, 0.05) is 15.5 Å². The van der Waals surface area contributed by atoms with Gasteiger partial charge in [-0.05, 0) is 66.3 Å². The van der Waals surface area contributed by atoms with E-state index in [0.717, 1.165) is 34.7 Å². The number of pyridine rings is 1. The molecule has 1 unspecified atom stereocenters. The van der Waals surface area contributed by atoms with Crippen molar-refractivity contribution in [3.8, 4) is 0 Å². The molecule has 108 valence electrons. The highest BCUT2D eigenvalue weighted by atomic mass is 127. The van der Waals surface area contributed by atoms with E-state index in [4.69, 9.17) is 16.6 Å². The molecule has 0 aliphatic carbocycles. The van der Waals surface area contributed by atoms with Crippen molar-refractivity contribution in [1.29, 1.82) is 0 Å². The van der Waals surface area contributed by atoms with Crippen LogP contribution in [-0.4, -0.2) is 14.5 Å². The van der Waals surface area contributed by atoms with Crippen molar-refractivity contribution >= 4 is 45.2 Å². The van der Waals surface area contributed by atoms with Crippen molar-refractivity contribution < 1.29 is 0 Å². The number of nitrogens with zero attached hydrogens (tertiary/aromatic N) is 3. The van der Waals surface area contributed by atoms with Crippen LogP contribution in [0.25, 0.3) is 11.0 Å². The Bertz CT molecular complexity index is 778. The summed E-state index contributed by atoms with van der Waals surface area (Å²) in [5, 5.41) is -0.131. The zero-order valence-corrected chi connectivity index (χ0v) is 14.8. The van der Waals surface area contributed by atoms with Crippen molar-refractivity contribution in [1.82, 2.24) is 14.5 Å². The van der Waals surface area contributed by atoms with E-state index in [1.165, 1.54) is 3.57 Å². The first-order valence-corrected chi connectivity index (χ1v) is 8.27. The van der Waals surface area contributed by atoms with Crippen LogP contribution in [-0.2, 0) is 6.54 Å². The van der Waals surface area contributed by atoms with Crippen LogP contribution in [0.4, 0.5) is 0 Å². The predicted octanol–water partition coefficient (Wildman–Crippen LogP) is 4.69. The minimum absolute atomic E-state index is 0.131.